The van der Waals surface area contributed by atoms with Crippen LogP contribution >= 0.6 is 0 Å². The summed E-state index contributed by atoms with van der Waals surface area (Å²) in [6, 6.07) is 7.19. The lowest BCUT2D eigenvalue weighted by atomic mass is 9.91. The van der Waals surface area contributed by atoms with Gasteiger partial charge in [-0.05, 0) is 30.7 Å². The predicted octanol–water partition coefficient (Wildman–Crippen LogP) is 3.97. The normalized spacial score (nSPS) is 15.2. The first-order valence-corrected chi connectivity index (χ1v) is 11.6. The van der Waals surface area contributed by atoms with E-state index in [4.69, 9.17) is 0 Å². The van der Waals surface area contributed by atoms with E-state index in [1.165, 1.54) is 0 Å². The quantitative estimate of drug-likeness (QED) is 0.520. The minimum atomic E-state index is -3.82. The SMILES string of the molecule is CCCS(=O)(=O)Nc1ccc(F)c(C(=O)C2CNc3ncc(-c4cccnc4)cc32)c1F. The summed E-state index contributed by atoms with van der Waals surface area (Å²) in [5, 5.41) is 2.98. The van der Waals surface area contributed by atoms with Crippen molar-refractivity contribution in [2.24, 2.45) is 0 Å². The van der Waals surface area contributed by atoms with E-state index < -0.39 is 44.6 Å². The van der Waals surface area contributed by atoms with Gasteiger partial charge in [-0.15, -0.1) is 0 Å². The fourth-order valence-corrected chi connectivity index (χ4v) is 4.78. The van der Waals surface area contributed by atoms with Crippen molar-refractivity contribution in [2.45, 2.75) is 19.3 Å². The molecular weight excluding hydrogens is 438 g/mol. The molecule has 166 valence electrons. The first-order valence-electron chi connectivity index (χ1n) is 9.97. The molecule has 1 atom stereocenters. The van der Waals surface area contributed by atoms with E-state index in [2.05, 4.69) is 20.0 Å². The van der Waals surface area contributed by atoms with Crippen LogP contribution in [0.15, 0.2) is 48.9 Å². The number of ketones is 1. The number of hydrogen-bond donors (Lipinski definition) is 2. The van der Waals surface area contributed by atoms with E-state index in [0.29, 0.717) is 23.4 Å². The third-order valence-electron chi connectivity index (χ3n) is 5.15. The molecule has 1 aromatic carbocycles. The average molecular weight is 458 g/mol. The van der Waals surface area contributed by atoms with Crippen LogP contribution in [0.25, 0.3) is 11.1 Å². The fourth-order valence-electron chi connectivity index (χ4n) is 3.65. The smallest absolute Gasteiger partial charge is 0.232 e. The van der Waals surface area contributed by atoms with Crippen molar-refractivity contribution in [1.29, 1.82) is 0 Å². The van der Waals surface area contributed by atoms with Gasteiger partial charge in [0.05, 0.1) is 22.9 Å². The Bertz CT molecular complexity index is 1280. The lowest BCUT2D eigenvalue weighted by molar-refractivity contribution is 0.0958. The summed E-state index contributed by atoms with van der Waals surface area (Å²) in [6.07, 6.45) is 5.22. The van der Waals surface area contributed by atoms with Gasteiger partial charge in [-0.2, -0.15) is 0 Å². The second-order valence-electron chi connectivity index (χ2n) is 7.41. The van der Waals surface area contributed by atoms with Crippen LogP contribution in [0.2, 0.25) is 0 Å². The molecular formula is C22H20F2N4O3S. The van der Waals surface area contributed by atoms with Gasteiger partial charge >= 0.3 is 0 Å². The maximum atomic E-state index is 15.1. The number of benzene rings is 1. The molecule has 0 bridgehead atoms. The molecule has 1 unspecified atom stereocenters. The van der Waals surface area contributed by atoms with Crippen LogP contribution < -0.4 is 10.0 Å². The Labute approximate surface area is 184 Å². The van der Waals surface area contributed by atoms with Crippen molar-refractivity contribution in [1.82, 2.24) is 9.97 Å². The average Bonchev–Trinajstić information content (AvgIpc) is 3.19. The number of pyridine rings is 2. The van der Waals surface area contributed by atoms with Crippen molar-refractivity contribution >= 4 is 27.3 Å². The summed E-state index contributed by atoms with van der Waals surface area (Å²) in [7, 11) is -3.82. The lowest BCUT2D eigenvalue weighted by Gasteiger charge is -2.14. The van der Waals surface area contributed by atoms with Gasteiger partial charge in [0.1, 0.15) is 11.6 Å². The Morgan fingerprint density at radius 2 is 2.03 bits per heavy atom. The number of aromatic nitrogens is 2. The molecule has 2 aromatic heterocycles. The Kier molecular flexibility index (Phi) is 5.88. The standard InChI is InChI=1S/C22H20F2N4O3S/c1-2-8-32(30,31)28-18-6-5-17(23)19(20(18)24)21(29)16-12-27-22-15(16)9-14(11-26-22)13-4-3-7-25-10-13/h3-7,9-11,16,28H,2,8,12H2,1H3,(H,26,27). The zero-order valence-electron chi connectivity index (χ0n) is 17.1. The summed E-state index contributed by atoms with van der Waals surface area (Å²) < 4.78 is 55.8. The van der Waals surface area contributed by atoms with E-state index in [1.54, 1.807) is 37.6 Å². The van der Waals surface area contributed by atoms with E-state index in [0.717, 1.165) is 17.7 Å². The molecule has 0 saturated carbocycles. The lowest BCUT2D eigenvalue weighted by Crippen LogP contribution is -2.21. The number of carbonyl (C=O) groups excluding carboxylic acids is 1. The van der Waals surface area contributed by atoms with Crippen LogP contribution in [0, 0.1) is 11.6 Å². The summed E-state index contributed by atoms with van der Waals surface area (Å²) in [4.78, 5) is 21.6. The topological polar surface area (TPSA) is 101 Å². The molecule has 7 nitrogen and oxygen atoms in total. The van der Waals surface area contributed by atoms with Gasteiger partial charge in [-0.25, -0.2) is 22.2 Å². The largest absolute Gasteiger partial charge is 0.369 e. The molecule has 0 fully saturated rings. The first-order chi connectivity index (χ1) is 15.3. The Balaban J connectivity index is 1.70. The number of halogens is 2. The second kappa shape index (κ2) is 8.62. The number of hydrogen-bond acceptors (Lipinski definition) is 6. The number of sulfonamides is 1. The minimum absolute atomic E-state index is 0.113. The van der Waals surface area contributed by atoms with E-state index in [1.807, 2.05) is 6.07 Å². The van der Waals surface area contributed by atoms with Gasteiger partial charge in [-0.1, -0.05) is 13.0 Å². The zero-order chi connectivity index (χ0) is 22.9. The molecule has 32 heavy (non-hydrogen) atoms. The third kappa shape index (κ3) is 4.18. The number of Topliss-reactive ketones (excluding diaryl/α,β-unsaturated/α-hetero) is 1. The second-order valence-corrected chi connectivity index (χ2v) is 9.25. The zero-order valence-corrected chi connectivity index (χ0v) is 17.9. The van der Waals surface area contributed by atoms with Gasteiger partial charge in [0.25, 0.3) is 0 Å². The summed E-state index contributed by atoms with van der Waals surface area (Å²) >= 11 is 0. The number of anilines is 2. The number of fused-ring (bicyclic) bond motifs is 1. The van der Waals surface area contributed by atoms with E-state index >= 15 is 4.39 Å². The molecule has 0 radical (unpaired) electrons. The molecule has 3 heterocycles. The maximum absolute atomic E-state index is 15.1. The molecule has 4 rings (SSSR count). The number of carbonyl (C=O) groups is 1. The van der Waals surface area contributed by atoms with Crippen molar-refractivity contribution in [3.8, 4) is 11.1 Å². The highest BCUT2D eigenvalue weighted by atomic mass is 32.2. The van der Waals surface area contributed by atoms with Crippen molar-refractivity contribution in [3.05, 3.63) is 71.7 Å². The first kappa shape index (κ1) is 21.8. The molecule has 0 amide bonds. The summed E-state index contributed by atoms with van der Waals surface area (Å²) in [5.74, 6) is -3.75. The molecule has 0 aliphatic carbocycles. The Hall–Kier alpha value is -3.40. The fraction of sp³-hybridized carbons (Fsp3) is 0.227. The van der Waals surface area contributed by atoms with Gasteiger partial charge in [0.15, 0.2) is 11.6 Å². The van der Waals surface area contributed by atoms with Crippen LogP contribution in [-0.4, -0.2) is 36.5 Å². The highest BCUT2D eigenvalue weighted by molar-refractivity contribution is 7.92. The van der Waals surface area contributed by atoms with Gasteiger partial charge in [-0.3, -0.25) is 14.5 Å². The Morgan fingerprint density at radius 1 is 1.22 bits per heavy atom. The van der Waals surface area contributed by atoms with Crippen molar-refractivity contribution in [2.75, 3.05) is 22.3 Å². The summed E-state index contributed by atoms with van der Waals surface area (Å²) in [6.45, 7) is 1.77. The highest BCUT2D eigenvalue weighted by Crippen LogP contribution is 2.36. The van der Waals surface area contributed by atoms with Crippen LogP contribution in [0.4, 0.5) is 20.3 Å². The van der Waals surface area contributed by atoms with Crippen molar-refractivity contribution < 1.29 is 22.0 Å². The predicted molar refractivity (Wildman–Crippen MR) is 117 cm³/mol. The van der Waals surface area contributed by atoms with Crippen molar-refractivity contribution in [3.63, 3.8) is 0 Å². The number of nitrogens with zero attached hydrogens (tertiary/aromatic N) is 2. The molecule has 0 spiro atoms. The highest BCUT2D eigenvalue weighted by Gasteiger charge is 2.34. The Morgan fingerprint density at radius 3 is 2.75 bits per heavy atom. The molecule has 0 saturated heterocycles. The van der Waals surface area contributed by atoms with Crippen LogP contribution in [0.1, 0.15) is 35.2 Å². The maximum Gasteiger partial charge on any atom is 0.232 e. The number of nitrogens with one attached hydrogen (secondary N) is 2. The van der Waals surface area contributed by atoms with Gasteiger partial charge in [0.2, 0.25) is 10.0 Å². The van der Waals surface area contributed by atoms with E-state index in [-0.39, 0.29) is 12.3 Å². The van der Waals surface area contributed by atoms with Crippen LogP contribution in [-0.2, 0) is 10.0 Å². The molecule has 1 aliphatic heterocycles. The van der Waals surface area contributed by atoms with Gasteiger partial charge in [0, 0.05) is 41.8 Å². The molecule has 1 aliphatic rings. The van der Waals surface area contributed by atoms with E-state index in [9.17, 15) is 17.6 Å². The number of rotatable bonds is 7. The van der Waals surface area contributed by atoms with Gasteiger partial charge < -0.3 is 5.32 Å². The minimum Gasteiger partial charge on any atom is -0.369 e. The molecule has 2 N–H and O–H groups in total. The summed E-state index contributed by atoms with van der Waals surface area (Å²) in [5.41, 5.74) is 0.753. The van der Waals surface area contributed by atoms with Crippen LogP contribution in [0.5, 0.6) is 0 Å². The third-order valence-corrected chi connectivity index (χ3v) is 6.63. The monoisotopic (exact) mass is 458 g/mol. The van der Waals surface area contributed by atoms with Crippen LogP contribution in [0.3, 0.4) is 0 Å². The molecule has 3 aromatic rings. The molecule has 10 heteroatoms.